The van der Waals surface area contributed by atoms with Gasteiger partial charge in [0.25, 0.3) is 11.9 Å². The minimum atomic E-state index is -4.00. The number of amides is 4. The van der Waals surface area contributed by atoms with Gasteiger partial charge >= 0.3 is 6.09 Å². The second-order valence-electron chi connectivity index (χ2n) is 20.1. The quantitative estimate of drug-likeness (QED) is 0.221. The lowest BCUT2D eigenvalue weighted by molar-refractivity contribution is -0.141. The van der Waals surface area contributed by atoms with E-state index in [9.17, 15) is 27.6 Å². The number of rotatable bonds is 9. The highest BCUT2D eigenvalue weighted by Crippen LogP contribution is 2.48. The summed E-state index contributed by atoms with van der Waals surface area (Å²) >= 11 is 1.65. The smallest absolute Gasteiger partial charge is 0.408 e. The van der Waals surface area contributed by atoms with Gasteiger partial charge in [0.1, 0.15) is 34.3 Å². The number of sulfonamides is 1. The summed E-state index contributed by atoms with van der Waals surface area (Å²) in [5.41, 5.74) is 1.70. The molecule has 6 aliphatic rings. The highest BCUT2D eigenvalue weighted by atomic mass is 32.2. The lowest BCUT2D eigenvalue weighted by Crippen LogP contribution is -2.58. The van der Waals surface area contributed by atoms with Gasteiger partial charge in [0, 0.05) is 40.9 Å². The molecule has 8 rings (SSSR count). The molecule has 1 saturated heterocycles. The number of fused-ring (bicyclic) bond motifs is 3. The molecule has 4 fully saturated rings. The molecule has 4 amide bonds. The Labute approximate surface area is 375 Å². The maximum Gasteiger partial charge on any atom is 0.408 e. The normalized spacial score (nSPS) is 28.3. The van der Waals surface area contributed by atoms with Gasteiger partial charge in [0.15, 0.2) is 0 Å². The molecule has 2 aliphatic heterocycles. The Morgan fingerprint density at radius 3 is 2.46 bits per heavy atom. The van der Waals surface area contributed by atoms with Crippen molar-refractivity contribution in [3.8, 4) is 6.01 Å². The average Bonchev–Trinajstić information content (AvgIpc) is 3.89. The van der Waals surface area contributed by atoms with Crippen LogP contribution in [0.2, 0.25) is 0 Å². The van der Waals surface area contributed by atoms with Gasteiger partial charge < -0.3 is 25.0 Å². The lowest BCUT2D eigenvalue weighted by atomic mass is 9.87. The molecule has 0 aromatic carbocycles. The fourth-order valence-corrected chi connectivity index (χ4v) is 11.9. The zero-order chi connectivity index (χ0) is 44.9. The largest absolute Gasteiger partial charge is 0.459 e. The van der Waals surface area contributed by atoms with Crippen LogP contribution < -0.4 is 20.1 Å². The monoisotopic (exact) mass is 907 g/mol. The highest BCUT2D eigenvalue weighted by Gasteiger charge is 2.63. The van der Waals surface area contributed by atoms with Crippen LogP contribution in [0.3, 0.4) is 0 Å². The third-order valence-corrected chi connectivity index (χ3v) is 16.7. The maximum absolute atomic E-state index is 14.8. The summed E-state index contributed by atoms with van der Waals surface area (Å²) in [6.45, 7) is 11.0. The van der Waals surface area contributed by atoms with E-state index in [0.29, 0.717) is 44.0 Å². The van der Waals surface area contributed by atoms with Crippen molar-refractivity contribution in [2.24, 2.45) is 5.92 Å². The minimum absolute atomic E-state index is 0.00816. The van der Waals surface area contributed by atoms with Crippen LogP contribution in [-0.4, -0.2) is 92.3 Å². The van der Waals surface area contributed by atoms with E-state index >= 15 is 0 Å². The number of hydrogen-bond donors (Lipinski definition) is 3. The van der Waals surface area contributed by atoms with Crippen molar-refractivity contribution >= 4 is 50.7 Å². The van der Waals surface area contributed by atoms with Crippen LogP contribution in [0, 0.1) is 5.92 Å². The molecule has 0 unspecified atom stereocenters. The lowest BCUT2D eigenvalue weighted by Gasteiger charge is -2.30. The third kappa shape index (κ3) is 9.60. The topological polar surface area (TPSA) is 191 Å². The molecule has 0 spiro atoms. The third-order valence-electron chi connectivity index (χ3n) is 13.7. The number of thiazole rings is 1. The number of alkyl carbamates (subject to hydrolysis) is 1. The van der Waals surface area contributed by atoms with Crippen LogP contribution in [0.4, 0.5) is 4.79 Å². The molecule has 5 atom stereocenters. The number of ether oxygens (including phenoxy) is 2. The van der Waals surface area contributed by atoms with Gasteiger partial charge in [-0.3, -0.25) is 23.7 Å². The molecule has 2 aromatic rings. The number of allylic oxidation sites excluding steroid dienone is 2. The van der Waals surface area contributed by atoms with Crippen molar-refractivity contribution in [1.29, 1.82) is 0 Å². The summed E-state index contributed by atoms with van der Waals surface area (Å²) in [4.78, 5) is 68.4. The molecule has 4 aliphatic carbocycles. The molecule has 63 heavy (non-hydrogen) atoms. The second kappa shape index (κ2) is 17.6. The van der Waals surface area contributed by atoms with Crippen LogP contribution >= 0.6 is 11.3 Å². The maximum atomic E-state index is 14.8. The molecule has 17 heteroatoms. The van der Waals surface area contributed by atoms with Crippen molar-refractivity contribution in [1.82, 2.24) is 34.8 Å². The molecule has 3 N–H and O–H groups in total. The number of imidazole rings is 1. The Bertz CT molecular complexity index is 2260. The summed E-state index contributed by atoms with van der Waals surface area (Å²) in [5.74, 6) is -1.80. The fourth-order valence-electron chi connectivity index (χ4n) is 9.69. The van der Waals surface area contributed by atoms with Crippen molar-refractivity contribution in [2.45, 2.75) is 190 Å². The van der Waals surface area contributed by atoms with E-state index < -0.39 is 73.8 Å². The van der Waals surface area contributed by atoms with Crippen molar-refractivity contribution < 1.29 is 37.1 Å². The Kier molecular flexibility index (Phi) is 12.7. The predicted octanol–water partition coefficient (Wildman–Crippen LogP) is 6.98. The van der Waals surface area contributed by atoms with E-state index in [0.717, 1.165) is 53.3 Å². The number of nitrogens with one attached hydrogen (secondary N) is 3. The average molecular weight is 908 g/mol. The second-order valence-corrected chi connectivity index (χ2v) is 23.2. The molecule has 15 nitrogen and oxygen atoms in total. The summed E-state index contributed by atoms with van der Waals surface area (Å²) in [5, 5.41) is 8.89. The van der Waals surface area contributed by atoms with Crippen LogP contribution in [0.25, 0.3) is 5.57 Å². The van der Waals surface area contributed by atoms with E-state index in [4.69, 9.17) is 19.4 Å². The molecule has 3 saturated carbocycles. The Balaban J connectivity index is 1.09. The molecule has 4 heterocycles. The molecular formula is C46H65N7O8S2. The van der Waals surface area contributed by atoms with Crippen molar-refractivity contribution in [2.75, 3.05) is 6.54 Å². The number of carbonyl (C=O) groups excluding carboxylic acids is 4. The first-order chi connectivity index (χ1) is 29.9. The molecule has 2 aromatic heterocycles. The van der Waals surface area contributed by atoms with Gasteiger partial charge in [0.05, 0.1) is 22.7 Å². The fraction of sp³-hybridized carbons (Fsp3) is 0.696. The van der Waals surface area contributed by atoms with E-state index in [1.807, 2.05) is 12.2 Å². The standard InChI is InChI=1S/C46H65N7O8S2/c1-28(2)53-35-21-15-19-32(39-47-34(27-62-39)29-16-11-10-12-17-29)37(35)49-42(53)60-31-24-36-38(54)50-46(41(56)51-63(58,59)45(6)22-23-45)25-30(46)18-13-8-7-9-14-20-33(40(55)52(36)26-31)48-43(57)61-44(3,4)5/h13,18-19,27-31,33,36H,7-12,14-17,20-26H2,1-6H3,(H,48,57)(H,50,54)(H,51,56)/b18-13-/t30-,31-,33+,36+,46-/m1/s1. The van der Waals surface area contributed by atoms with E-state index in [2.05, 4.69) is 45.2 Å². The Morgan fingerprint density at radius 2 is 1.75 bits per heavy atom. The van der Waals surface area contributed by atoms with E-state index in [1.54, 1.807) is 39.0 Å². The number of aromatic nitrogens is 3. The van der Waals surface area contributed by atoms with Gasteiger partial charge in [-0.2, -0.15) is 4.98 Å². The van der Waals surface area contributed by atoms with Crippen molar-refractivity contribution in [3.63, 3.8) is 0 Å². The van der Waals surface area contributed by atoms with Crippen LogP contribution in [0.5, 0.6) is 6.01 Å². The van der Waals surface area contributed by atoms with E-state index in [-0.39, 0.29) is 25.4 Å². The number of nitrogens with zero attached hydrogens (tertiary/aromatic N) is 4. The van der Waals surface area contributed by atoms with Gasteiger partial charge in [-0.25, -0.2) is 18.2 Å². The summed E-state index contributed by atoms with van der Waals surface area (Å²) in [6, 6.07) is -1.74. The van der Waals surface area contributed by atoms with Crippen LogP contribution in [0.1, 0.15) is 172 Å². The van der Waals surface area contributed by atoms with Crippen LogP contribution in [-0.2, 0) is 35.6 Å². The zero-order valence-corrected chi connectivity index (χ0v) is 39.3. The molecule has 0 bridgehead atoms. The molecular weight excluding hydrogens is 843 g/mol. The Hall–Kier alpha value is -4.25. The first-order valence-corrected chi connectivity index (χ1v) is 25.5. The van der Waals surface area contributed by atoms with Crippen molar-refractivity contribution in [3.05, 3.63) is 45.7 Å². The zero-order valence-electron chi connectivity index (χ0n) is 37.7. The first-order valence-electron chi connectivity index (χ1n) is 23.2. The summed E-state index contributed by atoms with van der Waals surface area (Å²) in [6.07, 6.45) is 16.7. The van der Waals surface area contributed by atoms with Gasteiger partial charge in [-0.1, -0.05) is 50.3 Å². The summed E-state index contributed by atoms with van der Waals surface area (Å²) in [7, 11) is -4.00. The highest BCUT2D eigenvalue weighted by molar-refractivity contribution is 7.91. The predicted molar refractivity (Wildman–Crippen MR) is 240 cm³/mol. The molecule has 0 radical (unpaired) electrons. The molecule has 344 valence electrons. The first kappa shape index (κ1) is 45.3. The van der Waals surface area contributed by atoms with Gasteiger partial charge in [-0.05, 0) is 106 Å². The van der Waals surface area contributed by atoms with Gasteiger partial charge in [0.2, 0.25) is 21.8 Å². The Morgan fingerprint density at radius 1 is 1.02 bits per heavy atom. The van der Waals surface area contributed by atoms with Gasteiger partial charge in [-0.15, -0.1) is 11.3 Å². The minimum Gasteiger partial charge on any atom is -0.459 e. The van der Waals surface area contributed by atoms with E-state index in [1.165, 1.54) is 37.0 Å². The number of hydrogen-bond acceptors (Lipinski definition) is 11. The SMILES string of the molecule is CC(C)n1c(O[C@@H]2C[C@H]3C(=O)N[C@]4(C(=O)NS(=O)(=O)C5(C)CC5)C[C@H]4/C=C\CCCCC[C@H](NC(=O)OC(C)(C)C)C(=O)N3C2)nc2c1CCC=C2c1nc(C2CCCCC2)cs1. The number of carbonyl (C=O) groups is 4. The summed E-state index contributed by atoms with van der Waals surface area (Å²) < 4.78 is 42.3. The van der Waals surface area contributed by atoms with Crippen LogP contribution in [0.15, 0.2) is 23.6 Å².